The Morgan fingerprint density at radius 2 is 2.16 bits per heavy atom. The van der Waals surface area contributed by atoms with Gasteiger partial charge in [0.25, 0.3) is 0 Å². The maximum atomic E-state index is 12.2. The molecule has 0 bridgehead atoms. The zero-order chi connectivity index (χ0) is 13.7. The molecule has 1 aromatic heterocycles. The van der Waals surface area contributed by atoms with Crippen molar-refractivity contribution >= 4 is 29.3 Å². The van der Waals surface area contributed by atoms with E-state index in [4.69, 9.17) is 0 Å². The number of nitrogens with zero attached hydrogens (tertiary/aromatic N) is 2. The number of aliphatic imine (C=N–C) groups is 1. The molecule has 0 fully saturated rings. The Hall–Kier alpha value is -2.23. The van der Waals surface area contributed by atoms with Crippen molar-refractivity contribution in [3.05, 3.63) is 36.0 Å². The van der Waals surface area contributed by atoms with Crippen LogP contribution < -0.4 is 0 Å². The standard InChI is InChI=1S/C15H16N2O2/c1-16-10-12-11-17(15(19)8-4-5-9-18)14-7-3-2-6-13(12)14/h2-3,6-7,9-11H,4-5,8H2,1H3. The highest BCUT2D eigenvalue weighted by Crippen LogP contribution is 2.20. The fourth-order valence-corrected chi connectivity index (χ4v) is 2.11. The molecule has 0 atom stereocenters. The third-order valence-corrected chi connectivity index (χ3v) is 2.99. The zero-order valence-electron chi connectivity index (χ0n) is 10.9. The molecule has 0 aliphatic carbocycles. The normalized spacial score (nSPS) is 11.2. The summed E-state index contributed by atoms with van der Waals surface area (Å²) in [5.41, 5.74) is 1.82. The van der Waals surface area contributed by atoms with E-state index in [9.17, 15) is 9.59 Å². The molecule has 0 N–H and O–H groups in total. The highest BCUT2D eigenvalue weighted by Gasteiger charge is 2.11. The summed E-state index contributed by atoms with van der Waals surface area (Å²) in [6.45, 7) is 0. The molecule has 0 aliphatic rings. The molecule has 4 nitrogen and oxygen atoms in total. The second kappa shape index (κ2) is 6.09. The van der Waals surface area contributed by atoms with Gasteiger partial charge in [0.15, 0.2) is 0 Å². The van der Waals surface area contributed by atoms with Crippen LogP contribution in [0.3, 0.4) is 0 Å². The smallest absolute Gasteiger partial charge is 0.231 e. The van der Waals surface area contributed by atoms with E-state index in [1.165, 1.54) is 0 Å². The van der Waals surface area contributed by atoms with E-state index >= 15 is 0 Å². The van der Waals surface area contributed by atoms with Gasteiger partial charge in [0, 0.05) is 43.3 Å². The summed E-state index contributed by atoms with van der Waals surface area (Å²) in [5, 5.41) is 1.01. The minimum absolute atomic E-state index is 0.00815. The lowest BCUT2D eigenvalue weighted by molar-refractivity contribution is -0.107. The number of aromatic nitrogens is 1. The van der Waals surface area contributed by atoms with E-state index in [0.717, 1.165) is 22.8 Å². The topological polar surface area (TPSA) is 51.4 Å². The Morgan fingerprint density at radius 1 is 1.37 bits per heavy atom. The van der Waals surface area contributed by atoms with Crippen molar-refractivity contribution in [1.29, 1.82) is 0 Å². The molecule has 1 heterocycles. The number of para-hydroxylation sites is 1. The second-order valence-electron chi connectivity index (χ2n) is 4.31. The van der Waals surface area contributed by atoms with E-state index in [1.54, 1.807) is 24.0 Å². The van der Waals surface area contributed by atoms with Crippen LogP contribution in [-0.2, 0) is 4.79 Å². The number of fused-ring (bicyclic) bond motifs is 1. The molecule has 2 rings (SSSR count). The maximum Gasteiger partial charge on any atom is 0.231 e. The summed E-state index contributed by atoms with van der Waals surface area (Å²) in [6, 6.07) is 7.74. The summed E-state index contributed by atoms with van der Waals surface area (Å²) in [7, 11) is 1.71. The molecular weight excluding hydrogens is 240 g/mol. The van der Waals surface area contributed by atoms with Crippen molar-refractivity contribution in [1.82, 2.24) is 4.57 Å². The maximum absolute atomic E-state index is 12.2. The van der Waals surface area contributed by atoms with Gasteiger partial charge in [-0.25, -0.2) is 0 Å². The van der Waals surface area contributed by atoms with Crippen LogP contribution in [0.2, 0.25) is 0 Å². The van der Waals surface area contributed by atoms with E-state index in [1.807, 2.05) is 24.3 Å². The average Bonchev–Trinajstić information content (AvgIpc) is 2.79. The first kappa shape index (κ1) is 13.2. The molecule has 0 saturated heterocycles. The van der Waals surface area contributed by atoms with Crippen LogP contribution in [0.15, 0.2) is 35.5 Å². The van der Waals surface area contributed by atoms with E-state index in [0.29, 0.717) is 19.3 Å². The Labute approximate surface area is 111 Å². The van der Waals surface area contributed by atoms with Crippen molar-refractivity contribution in [2.24, 2.45) is 4.99 Å². The number of unbranched alkanes of at least 4 members (excludes halogenated alkanes) is 1. The highest BCUT2D eigenvalue weighted by molar-refractivity contribution is 6.03. The van der Waals surface area contributed by atoms with Crippen LogP contribution in [0, 0.1) is 0 Å². The largest absolute Gasteiger partial charge is 0.303 e. The molecular formula is C15H16N2O2. The van der Waals surface area contributed by atoms with Crippen LogP contribution in [0.1, 0.15) is 29.6 Å². The number of aldehydes is 1. The third kappa shape index (κ3) is 2.78. The first-order valence-corrected chi connectivity index (χ1v) is 6.27. The van der Waals surface area contributed by atoms with Crippen molar-refractivity contribution in [2.75, 3.05) is 7.05 Å². The van der Waals surface area contributed by atoms with Gasteiger partial charge in [0.05, 0.1) is 5.52 Å². The molecule has 19 heavy (non-hydrogen) atoms. The molecule has 0 radical (unpaired) electrons. The van der Waals surface area contributed by atoms with E-state index < -0.39 is 0 Å². The molecule has 0 saturated carbocycles. The van der Waals surface area contributed by atoms with Gasteiger partial charge in [0.1, 0.15) is 6.29 Å². The Bertz CT molecular complexity index is 626. The van der Waals surface area contributed by atoms with Crippen LogP contribution in [-0.4, -0.2) is 30.0 Å². The van der Waals surface area contributed by atoms with Gasteiger partial charge in [0.2, 0.25) is 5.91 Å². The highest BCUT2D eigenvalue weighted by atomic mass is 16.2. The molecule has 0 aliphatic heterocycles. The van der Waals surface area contributed by atoms with Gasteiger partial charge in [-0.2, -0.15) is 0 Å². The lowest BCUT2D eigenvalue weighted by Crippen LogP contribution is -2.08. The van der Waals surface area contributed by atoms with Gasteiger partial charge in [-0.05, 0) is 12.5 Å². The fraction of sp³-hybridized carbons (Fsp3) is 0.267. The SMILES string of the molecule is CN=Cc1cn(C(=O)CCCC=O)c2ccccc12. The summed E-state index contributed by atoms with van der Waals surface area (Å²) >= 11 is 0. The number of hydrogen-bond donors (Lipinski definition) is 0. The van der Waals surface area contributed by atoms with E-state index in [2.05, 4.69) is 4.99 Å². The second-order valence-corrected chi connectivity index (χ2v) is 4.31. The monoisotopic (exact) mass is 256 g/mol. The summed E-state index contributed by atoms with van der Waals surface area (Å²) in [4.78, 5) is 26.5. The molecule has 0 unspecified atom stereocenters. The van der Waals surface area contributed by atoms with Crippen LogP contribution in [0.5, 0.6) is 0 Å². The van der Waals surface area contributed by atoms with Gasteiger partial charge >= 0.3 is 0 Å². The van der Waals surface area contributed by atoms with Gasteiger partial charge < -0.3 is 4.79 Å². The predicted molar refractivity (Wildman–Crippen MR) is 76.0 cm³/mol. The number of carbonyl (C=O) groups excluding carboxylic acids is 2. The zero-order valence-corrected chi connectivity index (χ0v) is 10.9. The van der Waals surface area contributed by atoms with Crippen molar-refractivity contribution in [2.45, 2.75) is 19.3 Å². The summed E-state index contributed by atoms with van der Waals surface area (Å²) < 4.78 is 1.65. The Kier molecular flexibility index (Phi) is 4.23. The van der Waals surface area contributed by atoms with Crippen LogP contribution in [0.25, 0.3) is 10.9 Å². The van der Waals surface area contributed by atoms with Crippen molar-refractivity contribution in [3.8, 4) is 0 Å². The molecule has 0 amide bonds. The number of carbonyl (C=O) groups is 2. The molecule has 98 valence electrons. The fourth-order valence-electron chi connectivity index (χ4n) is 2.11. The molecule has 1 aromatic carbocycles. The number of rotatable bonds is 5. The van der Waals surface area contributed by atoms with Crippen LogP contribution >= 0.6 is 0 Å². The summed E-state index contributed by atoms with van der Waals surface area (Å²) in [5.74, 6) is 0.00815. The van der Waals surface area contributed by atoms with Crippen molar-refractivity contribution < 1.29 is 9.59 Å². The molecule has 2 aromatic rings. The Morgan fingerprint density at radius 3 is 2.89 bits per heavy atom. The summed E-state index contributed by atoms with van der Waals surface area (Å²) in [6.07, 6.45) is 5.79. The first-order chi connectivity index (χ1) is 9.27. The first-order valence-electron chi connectivity index (χ1n) is 6.27. The van der Waals surface area contributed by atoms with Gasteiger partial charge in [-0.1, -0.05) is 18.2 Å². The number of hydrogen-bond acceptors (Lipinski definition) is 3. The molecule has 4 heteroatoms. The van der Waals surface area contributed by atoms with E-state index in [-0.39, 0.29) is 5.91 Å². The molecule has 0 spiro atoms. The quantitative estimate of drug-likeness (QED) is 0.469. The van der Waals surface area contributed by atoms with Crippen LogP contribution in [0.4, 0.5) is 0 Å². The minimum atomic E-state index is 0.00815. The number of benzene rings is 1. The van der Waals surface area contributed by atoms with Crippen molar-refractivity contribution in [3.63, 3.8) is 0 Å². The minimum Gasteiger partial charge on any atom is -0.303 e. The van der Waals surface area contributed by atoms with Gasteiger partial charge in [-0.15, -0.1) is 0 Å². The average molecular weight is 256 g/mol. The third-order valence-electron chi connectivity index (χ3n) is 2.99. The lowest BCUT2D eigenvalue weighted by atomic mass is 10.2. The lowest BCUT2D eigenvalue weighted by Gasteiger charge is -2.02. The Balaban J connectivity index is 2.37. The predicted octanol–water partition coefficient (Wildman–Crippen LogP) is 2.70. The van der Waals surface area contributed by atoms with Gasteiger partial charge in [-0.3, -0.25) is 14.4 Å².